The standard InChI is InChI=1S/C16H18N2O2S/c1-13(15-8-5-9-16(17)12-15)18-21(19,20)11-10-14-6-3-2-4-7-14/h2-13,18H,17H2,1H3/b11-10+. The predicted molar refractivity (Wildman–Crippen MR) is 86.8 cm³/mol. The fourth-order valence-electron chi connectivity index (χ4n) is 1.91. The Bertz CT molecular complexity index is 725. The fourth-order valence-corrected chi connectivity index (χ4v) is 2.96. The Morgan fingerprint density at radius 1 is 1.10 bits per heavy atom. The first-order valence-electron chi connectivity index (χ1n) is 6.57. The highest BCUT2D eigenvalue weighted by atomic mass is 32.2. The lowest BCUT2D eigenvalue weighted by Crippen LogP contribution is -2.24. The molecule has 2 rings (SSSR count). The Morgan fingerprint density at radius 2 is 1.81 bits per heavy atom. The third-order valence-electron chi connectivity index (χ3n) is 2.99. The van der Waals surface area contributed by atoms with E-state index in [1.54, 1.807) is 31.2 Å². The molecule has 5 heteroatoms. The van der Waals surface area contributed by atoms with Gasteiger partial charge in [0.2, 0.25) is 10.0 Å². The molecule has 21 heavy (non-hydrogen) atoms. The molecule has 0 saturated carbocycles. The van der Waals surface area contributed by atoms with Crippen LogP contribution >= 0.6 is 0 Å². The van der Waals surface area contributed by atoms with Crippen molar-refractivity contribution in [2.24, 2.45) is 0 Å². The van der Waals surface area contributed by atoms with Crippen molar-refractivity contribution in [3.8, 4) is 0 Å². The number of benzene rings is 2. The van der Waals surface area contributed by atoms with E-state index >= 15 is 0 Å². The van der Waals surface area contributed by atoms with E-state index in [1.807, 2.05) is 36.4 Å². The highest BCUT2D eigenvalue weighted by Gasteiger charge is 2.12. The maximum Gasteiger partial charge on any atom is 0.234 e. The van der Waals surface area contributed by atoms with Gasteiger partial charge in [0.25, 0.3) is 0 Å². The zero-order chi connectivity index (χ0) is 15.3. The molecule has 0 aliphatic heterocycles. The van der Waals surface area contributed by atoms with E-state index < -0.39 is 10.0 Å². The van der Waals surface area contributed by atoms with Crippen LogP contribution in [0.1, 0.15) is 24.1 Å². The Kier molecular flexibility index (Phi) is 4.77. The lowest BCUT2D eigenvalue weighted by Gasteiger charge is -2.13. The second kappa shape index (κ2) is 6.56. The lowest BCUT2D eigenvalue weighted by molar-refractivity contribution is 0.576. The van der Waals surface area contributed by atoms with E-state index in [0.29, 0.717) is 5.69 Å². The Balaban J connectivity index is 2.09. The molecule has 0 aliphatic carbocycles. The number of nitrogen functional groups attached to an aromatic ring is 1. The van der Waals surface area contributed by atoms with E-state index in [4.69, 9.17) is 5.73 Å². The van der Waals surface area contributed by atoms with Gasteiger partial charge in [-0.3, -0.25) is 0 Å². The smallest absolute Gasteiger partial charge is 0.234 e. The second-order valence-electron chi connectivity index (χ2n) is 4.77. The van der Waals surface area contributed by atoms with Crippen LogP contribution in [-0.4, -0.2) is 8.42 Å². The summed E-state index contributed by atoms with van der Waals surface area (Å²) < 4.78 is 26.7. The third kappa shape index (κ3) is 4.73. The van der Waals surface area contributed by atoms with Gasteiger partial charge in [0.05, 0.1) is 0 Å². The molecule has 0 radical (unpaired) electrons. The molecule has 0 saturated heterocycles. The van der Waals surface area contributed by atoms with Crippen LogP contribution in [0.4, 0.5) is 5.69 Å². The van der Waals surface area contributed by atoms with Gasteiger partial charge in [-0.05, 0) is 36.3 Å². The van der Waals surface area contributed by atoms with Crippen molar-refractivity contribution in [2.45, 2.75) is 13.0 Å². The Morgan fingerprint density at radius 3 is 2.48 bits per heavy atom. The van der Waals surface area contributed by atoms with Crippen molar-refractivity contribution in [1.82, 2.24) is 4.72 Å². The molecule has 0 bridgehead atoms. The minimum Gasteiger partial charge on any atom is -0.399 e. The van der Waals surface area contributed by atoms with E-state index in [0.717, 1.165) is 11.1 Å². The highest BCUT2D eigenvalue weighted by molar-refractivity contribution is 7.92. The van der Waals surface area contributed by atoms with Crippen LogP contribution in [0.15, 0.2) is 60.0 Å². The molecule has 0 aromatic heterocycles. The fraction of sp³-hybridized carbons (Fsp3) is 0.125. The number of hydrogen-bond donors (Lipinski definition) is 2. The maximum absolute atomic E-state index is 12.0. The number of nitrogens with one attached hydrogen (secondary N) is 1. The summed E-state index contributed by atoms with van der Waals surface area (Å²) in [6.07, 6.45) is 1.56. The van der Waals surface area contributed by atoms with Crippen LogP contribution in [0.3, 0.4) is 0 Å². The minimum absolute atomic E-state index is 0.348. The molecule has 0 heterocycles. The van der Waals surface area contributed by atoms with Gasteiger partial charge in [-0.1, -0.05) is 42.5 Å². The van der Waals surface area contributed by atoms with Gasteiger partial charge in [-0.2, -0.15) is 0 Å². The van der Waals surface area contributed by atoms with E-state index in [1.165, 1.54) is 5.41 Å². The average Bonchev–Trinajstić information content (AvgIpc) is 2.46. The summed E-state index contributed by atoms with van der Waals surface area (Å²) in [6.45, 7) is 1.78. The first-order chi connectivity index (χ1) is 9.96. The van der Waals surface area contributed by atoms with Crippen LogP contribution in [0.2, 0.25) is 0 Å². The van der Waals surface area contributed by atoms with Crippen LogP contribution in [0.25, 0.3) is 6.08 Å². The zero-order valence-electron chi connectivity index (χ0n) is 11.7. The number of nitrogens with two attached hydrogens (primary N) is 1. The minimum atomic E-state index is -3.51. The van der Waals surface area contributed by atoms with Gasteiger partial charge in [-0.15, -0.1) is 0 Å². The molecule has 2 aromatic rings. The zero-order valence-corrected chi connectivity index (χ0v) is 12.5. The molecule has 1 unspecified atom stereocenters. The Labute approximate surface area is 125 Å². The summed E-state index contributed by atoms with van der Waals surface area (Å²) in [6, 6.07) is 16.1. The molecule has 0 spiro atoms. The highest BCUT2D eigenvalue weighted by Crippen LogP contribution is 2.16. The molecular weight excluding hydrogens is 284 g/mol. The monoisotopic (exact) mass is 302 g/mol. The van der Waals surface area contributed by atoms with Crippen LogP contribution in [-0.2, 0) is 10.0 Å². The van der Waals surface area contributed by atoms with Crippen molar-refractivity contribution in [3.05, 3.63) is 71.1 Å². The topological polar surface area (TPSA) is 72.2 Å². The summed E-state index contributed by atoms with van der Waals surface area (Å²) in [5, 5.41) is 1.17. The molecule has 0 aliphatic rings. The SMILES string of the molecule is CC(NS(=O)(=O)/C=C/c1ccccc1)c1cccc(N)c1. The van der Waals surface area contributed by atoms with Crippen LogP contribution in [0, 0.1) is 0 Å². The molecule has 0 amide bonds. The second-order valence-corrected chi connectivity index (χ2v) is 6.37. The van der Waals surface area contributed by atoms with Gasteiger partial charge in [0.15, 0.2) is 0 Å². The molecule has 2 aromatic carbocycles. The summed E-state index contributed by atoms with van der Waals surface area (Å²) in [4.78, 5) is 0. The molecular formula is C16H18N2O2S. The number of hydrogen-bond acceptors (Lipinski definition) is 3. The largest absolute Gasteiger partial charge is 0.399 e. The summed E-state index contributed by atoms with van der Waals surface area (Å²) >= 11 is 0. The van der Waals surface area contributed by atoms with Crippen LogP contribution < -0.4 is 10.5 Å². The van der Waals surface area contributed by atoms with Gasteiger partial charge < -0.3 is 5.73 Å². The number of sulfonamides is 1. The van der Waals surface area contributed by atoms with Crippen molar-refractivity contribution < 1.29 is 8.42 Å². The molecule has 4 nitrogen and oxygen atoms in total. The van der Waals surface area contributed by atoms with E-state index in [9.17, 15) is 8.42 Å². The lowest BCUT2D eigenvalue weighted by atomic mass is 10.1. The molecule has 0 fully saturated rings. The van der Waals surface area contributed by atoms with Crippen molar-refractivity contribution in [1.29, 1.82) is 0 Å². The van der Waals surface area contributed by atoms with E-state index in [2.05, 4.69) is 4.72 Å². The van der Waals surface area contributed by atoms with Gasteiger partial charge in [0, 0.05) is 17.1 Å². The molecule has 3 N–H and O–H groups in total. The average molecular weight is 302 g/mol. The van der Waals surface area contributed by atoms with Gasteiger partial charge >= 0.3 is 0 Å². The van der Waals surface area contributed by atoms with E-state index in [-0.39, 0.29) is 6.04 Å². The summed E-state index contributed by atoms with van der Waals surface area (Å²) in [5.74, 6) is 0. The quantitative estimate of drug-likeness (QED) is 0.834. The maximum atomic E-state index is 12.0. The molecule has 110 valence electrons. The van der Waals surface area contributed by atoms with Crippen molar-refractivity contribution >= 4 is 21.8 Å². The third-order valence-corrected chi connectivity index (χ3v) is 4.17. The first kappa shape index (κ1) is 15.3. The van der Waals surface area contributed by atoms with Crippen molar-refractivity contribution in [3.63, 3.8) is 0 Å². The van der Waals surface area contributed by atoms with Gasteiger partial charge in [0.1, 0.15) is 0 Å². The summed E-state index contributed by atoms with van der Waals surface area (Å²) in [7, 11) is -3.51. The molecule has 1 atom stereocenters. The van der Waals surface area contributed by atoms with Gasteiger partial charge in [-0.25, -0.2) is 13.1 Å². The summed E-state index contributed by atoms with van der Waals surface area (Å²) in [5.41, 5.74) is 7.97. The normalized spacial score (nSPS) is 13.4. The first-order valence-corrected chi connectivity index (χ1v) is 8.12. The van der Waals surface area contributed by atoms with Crippen molar-refractivity contribution in [2.75, 3.05) is 5.73 Å². The predicted octanol–water partition coefficient (Wildman–Crippen LogP) is 2.92. The number of anilines is 1. The van der Waals surface area contributed by atoms with Crippen LogP contribution in [0.5, 0.6) is 0 Å². The Hall–Kier alpha value is -2.11. The number of rotatable bonds is 5.